The monoisotopic (exact) mass is 390 g/mol. The van der Waals surface area contributed by atoms with Crippen molar-refractivity contribution in [1.29, 1.82) is 0 Å². The molecule has 4 fully saturated rings. The largest absolute Gasteiger partial charge is 0.396 e. The maximum atomic E-state index is 11.7. The second kappa shape index (κ2) is 7.88. The van der Waals surface area contributed by atoms with Crippen molar-refractivity contribution in [2.75, 3.05) is 6.61 Å². The van der Waals surface area contributed by atoms with Crippen LogP contribution < -0.4 is 0 Å². The molecule has 0 aromatic heterocycles. The van der Waals surface area contributed by atoms with E-state index in [9.17, 15) is 10.2 Å². The average Bonchev–Trinajstić information content (AvgIpc) is 3.04. The second-order valence-electron chi connectivity index (χ2n) is 11.8. The minimum Gasteiger partial charge on any atom is -0.396 e. The number of rotatable bonds is 5. The Morgan fingerprint density at radius 1 is 0.929 bits per heavy atom. The fraction of sp³-hybridized carbons (Fsp3) is 1.00. The first-order valence-corrected chi connectivity index (χ1v) is 12.7. The number of aliphatic hydroxyl groups excluding tert-OH is 2. The molecule has 0 aromatic carbocycles. The van der Waals surface area contributed by atoms with Crippen molar-refractivity contribution in [2.45, 2.75) is 104 Å². The quantitative estimate of drug-likeness (QED) is 0.600. The number of aliphatic hydroxyl groups is 2. The molecule has 0 heterocycles. The van der Waals surface area contributed by atoms with Gasteiger partial charge in [-0.25, -0.2) is 0 Å². The highest BCUT2D eigenvalue weighted by molar-refractivity contribution is 5.13. The summed E-state index contributed by atoms with van der Waals surface area (Å²) < 4.78 is 0. The molecule has 2 N–H and O–H groups in total. The molecule has 4 rings (SSSR count). The highest BCUT2D eigenvalue weighted by Gasteiger charge is 2.64. The Kier molecular flexibility index (Phi) is 5.95. The molecular formula is C26H46O2. The molecule has 4 aliphatic carbocycles. The van der Waals surface area contributed by atoms with Gasteiger partial charge in [0.1, 0.15) is 0 Å². The van der Waals surface area contributed by atoms with Gasteiger partial charge in [-0.05, 0) is 104 Å². The van der Waals surface area contributed by atoms with E-state index in [4.69, 9.17) is 0 Å². The summed E-state index contributed by atoms with van der Waals surface area (Å²) in [5.41, 5.74) is 0.887. The van der Waals surface area contributed by atoms with Crippen molar-refractivity contribution in [2.24, 2.45) is 52.3 Å². The zero-order valence-electron chi connectivity index (χ0n) is 19.0. The summed E-state index contributed by atoms with van der Waals surface area (Å²) in [5.74, 6) is 4.79. The van der Waals surface area contributed by atoms with E-state index in [1.54, 1.807) is 0 Å². The first-order valence-electron chi connectivity index (χ1n) is 12.7. The third kappa shape index (κ3) is 3.03. The lowest BCUT2D eigenvalue weighted by molar-refractivity contribution is -0.194. The Bertz CT molecular complexity index is 547. The lowest BCUT2D eigenvalue weighted by Crippen LogP contribution is -2.61. The van der Waals surface area contributed by atoms with E-state index in [1.807, 2.05) is 0 Å². The van der Waals surface area contributed by atoms with Crippen molar-refractivity contribution in [3.05, 3.63) is 0 Å². The van der Waals surface area contributed by atoms with Crippen LogP contribution in [0.3, 0.4) is 0 Å². The van der Waals surface area contributed by atoms with E-state index < -0.39 is 0 Å². The molecule has 4 saturated carbocycles. The van der Waals surface area contributed by atoms with Gasteiger partial charge >= 0.3 is 0 Å². The highest BCUT2D eigenvalue weighted by atomic mass is 16.3. The number of fused-ring (bicyclic) bond motifs is 5. The molecule has 0 amide bonds. The molecule has 28 heavy (non-hydrogen) atoms. The normalized spacial score (nSPS) is 51.9. The van der Waals surface area contributed by atoms with Gasteiger partial charge in [0, 0.05) is 6.61 Å². The molecular weight excluding hydrogens is 344 g/mol. The van der Waals surface area contributed by atoms with Crippen molar-refractivity contribution < 1.29 is 10.2 Å². The van der Waals surface area contributed by atoms with Crippen molar-refractivity contribution in [1.82, 2.24) is 0 Å². The summed E-state index contributed by atoms with van der Waals surface area (Å²) >= 11 is 0. The van der Waals surface area contributed by atoms with Gasteiger partial charge in [-0.2, -0.15) is 0 Å². The molecule has 10 atom stereocenters. The first-order chi connectivity index (χ1) is 13.4. The Hall–Kier alpha value is -0.0800. The molecule has 0 aliphatic heterocycles. The predicted molar refractivity (Wildman–Crippen MR) is 116 cm³/mol. The maximum absolute atomic E-state index is 11.7. The maximum Gasteiger partial charge on any atom is 0.0605 e. The van der Waals surface area contributed by atoms with Crippen LogP contribution in [0.2, 0.25) is 0 Å². The van der Waals surface area contributed by atoms with Crippen LogP contribution in [0.25, 0.3) is 0 Å². The molecule has 0 spiro atoms. The third-order valence-corrected chi connectivity index (χ3v) is 10.9. The standard InChI is InChI=1S/C26H46O2/c1-5-18-20-10-6-7-14-25(20,3)22-13-15-26(4)19(17(2)9-8-16-27)11-12-21(26)23(22)24(18)28/h17-24,27-28H,5-16H2,1-4H3/t17-,18+,19-,20+,21?,22?,23?,24+,25+,26?/m1/s1. The van der Waals surface area contributed by atoms with Crippen LogP contribution in [0.4, 0.5) is 0 Å². The molecule has 0 saturated heterocycles. The van der Waals surface area contributed by atoms with Gasteiger partial charge in [0.25, 0.3) is 0 Å². The van der Waals surface area contributed by atoms with Crippen LogP contribution in [0.5, 0.6) is 0 Å². The molecule has 4 aliphatic rings. The summed E-state index contributed by atoms with van der Waals surface area (Å²) in [7, 11) is 0. The molecule has 0 bridgehead atoms. The van der Waals surface area contributed by atoms with Gasteiger partial charge in [0.2, 0.25) is 0 Å². The molecule has 4 unspecified atom stereocenters. The molecule has 2 heteroatoms. The van der Waals surface area contributed by atoms with E-state index in [0.29, 0.717) is 35.2 Å². The fourth-order valence-electron chi connectivity index (χ4n) is 9.63. The molecule has 0 aromatic rings. The summed E-state index contributed by atoms with van der Waals surface area (Å²) in [6.07, 6.45) is 14.2. The van der Waals surface area contributed by atoms with Crippen LogP contribution in [0.1, 0.15) is 98.3 Å². The average molecular weight is 391 g/mol. The Morgan fingerprint density at radius 3 is 2.39 bits per heavy atom. The summed E-state index contributed by atoms with van der Waals surface area (Å²) in [4.78, 5) is 0. The molecule has 162 valence electrons. The van der Waals surface area contributed by atoms with Gasteiger partial charge in [0.05, 0.1) is 6.10 Å². The summed E-state index contributed by atoms with van der Waals surface area (Å²) in [5, 5.41) is 21.0. The number of hydrogen-bond acceptors (Lipinski definition) is 2. The van der Waals surface area contributed by atoms with Crippen LogP contribution in [-0.4, -0.2) is 22.9 Å². The van der Waals surface area contributed by atoms with Crippen LogP contribution in [0, 0.1) is 52.3 Å². The minimum atomic E-state index is -0.0673. The SMILES string of the molecule is CC[C@@H]1[C@H](O)C2C3CC[C@H]([C@H](C)CCCO)C3(C)CCC2[C@@]2(C)CCCC[C@@H]12. The van der Waals surface area contributed by atoms with Gasteiger partial charge in [-0.15, -0.1) is 0 Å². The minimum absolute atomic E-state index is 0.0673. The van der Waals surface area contributed by atoms with Gasteiger partial charge in [-0.3, -0.25) is 0 Å². The summed E-state index contributed by atoms with van der Waals surface area (Å²) in [6, 6.07) is 0. The van der Waals surface area contributed by atoms with E-state index >= 15 is 0 Å². The second-order valence-corrected chi connectivity index (χ2v) is 11.8. The lowest BCUT2D eigenvalue weighted by Gasteiger charge is -2.64. The van der Waals surface area contributed by atoms with Gasteiger partial charge in [-0.1, -0.05) is 47.0 Å². The van der Waals surface area contributed by atoms with E-state index in [1.165, 1.54) is 51.4 Å². The number of hydrogen-bond donors (Lipinski definition) is 2. The smallest absolute Gasteiger partial charge is 0.0605 e. The third-order valence-electron chi connectivity index (χ3n) is 10.9. The van der Waals surface area contributed by atoms with Crippen LogP contribution >= 0.6 is 0 Å². The Labute approximate surface area is 173 Å². The van der Waals surface area contributed by atoms with Gasteiger partial charge < -0.3 is 10.2 Å². The summed E-state index contributed by atoms with van der Waals surface area (Å²) in [6.45, 7) is 10.3. The van der Waals surface area contributed by atoms with E-state index in [2.05, 4.69) is 27.7 Å². The van der Waals surface area contributed by atoms with Crippen molar-refractivity contribution in [3.8, 4) is 0 Å². The van der Waals surface area contributed by atoms with Crippen LogP contribution in [-0.2, 0) is 0 Å². The van der Waals surface area contributed by atoms with E-state index in [0.717, 1.165) is 42.9 Å². The van der Waals surface area contributed by atoms with E-state index in [-0.39, 0.29) is 6.10 Å². The zero-order valence-corrected chi connectivity index (χ0v) is 19.0. The highest BCUT2D eigenvalue weighted by Crippen LogP contribution is 2.69. The topological polar surface area (TPSA) is 40.5 Å². The van der Waals surface area contributed by atoms with Gasteiger partial charge in [0.15, 0.2) is 0 Å². The van der Waals surface area contributed by atoms with Crippen LogP contribution in [0.15, 0.2) is 0 Å². The predicted octanol–water partition coefficient (Wildman–Crippen LogP) is 6.05. The zero-order chi connectivity index (χ0) is 20.1. The molecule has 2 nitrogen and oxygen atoms in total. The Morgan fingerprint density at radius 2 is 1.68 bits per heavy atom. The lowest BCUT2D eigenvalue weighted by atomic mass is 9.41. The van der Waals surface area contributed by atoms with Crippen molar-refractivity contribution >= 4 is 0 Å². The Balaban J connectivity index is 1.63. The van der Waals surface area contributed by atoms with Crippen molar-refractivity contribution in [3.63, 3.8) is 0 Å². The fourth-order valence-corrected chi connectivity index (χ4v) is 9.63. The molecule has 0 radical (unpaired) electrons. The first kappa shape index (κ1) is 21.2.